The molecule has 0 spiro atoms. The summed E-state index contributed by atoms with van der Waals surface area (Å²) in [6.07, 6.45) is 6.25. The number of hydrogen-bond acceptors (Lipinski definition) is 3. The zero-order valence-corrected chi connectivity index (χ0v) is 11.5. The number of rotatable bonds is 3. The number of nitrogen functional groups attached to an aromatic ring is 1. The third-order valence-electron chi connectivity index (χ3n) is 3.78. The number of aryl methyl sites for hydroxylation is 1. The number of benzene rings is 1. The highest BCUT2D eigenvalue weighted by Gasteiger charge is 2.18. The number of nitrogens with zero attached hydrogens (tertiary/aromatic N) is 2. The van der Waals surface area contributed by atoms with Crippen LogP contribution in [0.2, 0.25) is 0 Å². The van der Waals surface area contributed by atoms with Gasteiger partial charge in [-0.25, -0.2) is 4.98 Å². The predicted molar refractivity (Wildman–Crippen MR) is 77.8 cm³/mol. The number of ether oxygens (including phenoxy) is 1. The Morgan fingerprint density at radius 2 is 2.15 bits per heavy atom. The summed E-state index contributed by atoms with van der Waals surface area (Å²) in [4.78, 5) is 4.50. The van der Waals surface area contributed by atoms with Gasteiger partial charge >= 0.3 is 0 Å². The van der Waals surface area contributed by atoms with Gasteiger partial charge in [-0.1, -0.05) is 0 Å². The molecule has 3 N–H and O–H groups in total. The first-order valence-corrected chi connectivity index (χ1v) is 6.78. The Balaban J connectivity index is 2.17. The standard InChI is InChI=1S/C15H18N4O/c1-20-10-6-7-11(15(16)17)14(8-10)19-9-18-12-4-2-3-5-13(12)19/h6-9H,2-5H2,1H3,(H3,16,17). The average Bonchev–Trinajstić information content (AvgIpc) is 2.90. The number of nitrogens with two attached hydrogens (primary N) is 1. The molecule has 0 atom stereocenters. The van der Waals surface area contributed by atoms with Gasteiger partial charge in [0.05, 0.1) is 24.8 Å². The van der Waals surface area contributed by atoms with Crippen LogP contribution in [0.15, 0.2) is 24.5 Å². The van der Waals surface area contributed by atoms with Crippen molar-refractivity contribution in [3.05, 3.63) is 41.5 Å². The third-order valence-corrected chi connectivity index (χ3v) is 3.78. The van der Waals surface area contributed by atoms with E-state index in [1.165, 1.54) is 18.5 Å². The second-order valence-corrected chi connectivity index (χ2v) is 5.01. The number of fused-ring (bicyclic) bond motifs is 1. The number of methoxy groups -OCH3 is 1. The molecule has 104 valence electrons. The average molecular weight is 270 g/mol. The van der Waals surface area contributed by atoms with E-state index in [2.05, 4.69) is 4.98 Å². The first kappa shape index (κ1) is 12.7. The highest BCUT2D eigenvalue weighted by molar-refractivity contribution is 5.98. The molecule has 20 heavy (non-hydrogen) atoms. The Morgan fingerprint density at radius 1 is 1.35 bits per heavy atom. The molecular formula is C15H18N4O. The molecule has 1 aliphatic carbocycles. The van der Waals surface area contributed by atoms with Crippen molar-refractivity contribution in [2.75, 3.05) is 7.11 Å². The van der Waals surface area contributed by atoms with E-state index >= 15 is 0 Å². The van der Waals surface area contributed by atoms with Crippen molar-refractivity contribution in [1.82, 2.24) is 9.55 Å². The van der Waals surface area contributed by atoms with E-state index in [4.69, 9.17) is 15.9 Å². The van der Waals surface area contributed by atoms with Gasteiger partial charge in [0.2, 0.25) is 0 Å². The second-order valence-electron chi connectivity index (χ2n) is 5.01. The molecule has 0 radical (unpaired) electrons. The molecule has 0 amide bonds. The van der Waals surface area contributed by atoms with Gasteiger partial charge in [0.1, 0.15) is 11.6 Å². The number of imidazole rings is 1. The van der Waals surface area contributed by atoms with E-state index in [9.17, 15) is 0 Å². The quantitative estimate of drug-likeness (QED) is 0.662. The molecule has 0 bridgehead atoms. The molecule has 5 nitrogen and oxygen atoms in total. The molecular weight excluding hydrogens is 252 g/mol. The van der Waals surface area contributed by atoms with Crippen molar-refractivity contribution in [2.24, 2.45) is 5.73 Å². The molecule has 3 rings (SSSR count). The van der Waals surface area contributed by atoms with E-state index in [0.29, 0.717) is 5.56 Å². The van der Waals surface area contributed by atoms with Crippen molar-refractivity contribution < 1.29 is 4.74 Å². The lowest BCUT2D eigenvalue weighted by atomic mass is 10.0. The van der Waals surface area contributed by atoms with Crippen LogP contribution in [0.3, 0.4) is 0 Å². The summed E-state index contributed by atoms with van der Waals surface area (Å²) in [6.45, 7) is 0. The van der Waals surface area contributed by atoms with E-state index in [1.54, 1.807) is 7.11 Å². The van der Waals surface area contributed by atoms with Crippen molar-refractivity contribution in [2.45, 2.75) is 25.7 Å². The third kappa shape index (κ3) is 2.05. The zero-order valence-electron chi connectivity index (χ0n) is 11.5. The molecule has 0 aliphatic heterocycles. The lowest BCUT2D eigenvalue weighted by molar-refractivity contribution is 0.414. The molecule has 0 unspecified atom stereocenters. The Kier molecular flexibility index (Phi) is 3.18. The summed E-state index contributed by atoms with van der Waals surface area (Å²) in [5, 5.41) is 7.75. The molecule has 1 aromatic heterocycles. The highest BCUT2D eigenvalue weighted by Crippen LogP contribution is 2.27. The maximum absolute atomic E-state index is 7.75. The topological polar surface area (TPSA) is 76.9 Å². The van der Waals surface area contributed by atoms with Gasteiger partial charge in [0.25, 0.3) is 0 Å². The van der Waals surface area contributed by atoms with Crippen LogP contribution in [0.25, 0.3) is 5.69 Å². The largest absolute Gasteiger partial charge is 0.497 e. The van der Waals surface area contributed by atoms with Gasteiger partial charge in [-0.05, 0) is 37.8 Å². The van der Waals surface area contributed by atoms with Crippen LogP contribution in [0.5, 0.6) is 5.75 Å². The van der Waals surface area contributed by atoms with Crippen molar-refractivity contribution >= 4 is 5.84 Å². The normalized spacial score (nSPS) is 13.8. The SMILES string of the molecule is COc1ccc(C(=N)N)c(-n2cnc3c2CCCC3)c1. The molecule has 5 heteroatoms. The van der Waals surface area contributed by atoms with Crippen molar-refractivity contribution in [3.63, 3.8) is 0 Å². The van der Waals surface area contributed by atoms with Crippen molar-refractivity contribution in [3.8, 4) is 11.4 Å². The molecule has 1 aromatic carbocycles. The Hall–Kier alpha value is -2.30. The lowest BCUT2D eigenvalue weighted by Crippen LogP contribution is -2.16. The van der Waals surface area contributed by atoms with Crippen LogP contribution in [0.1, 0.15) is 29.8 Å². The van der Waals surface area contributed by atoms with Gasteiger partial charge in [-0.2, -0.15) is 0 Å². The van der Waals surface area contributed by atoms with E-state index in [0.717, 1.165) is 30.0 Å². The Labute approximate surface area is 117 Å². The summed E-state index contributed by atoms with van der Waals surface area (Å²) in [6, 6.07) is 5.56. The Morgan fingerprint density at radius 3 is 2.90 bits per heavy atom. The summed E-state index contributed by atoms with van der Waals surface area (Å²) in [5.41, 5.74) is 9.66. The number of nitrogens with one attached hydrogen (secondary N) is 1. The minimum atomic E-state index is 0.0564. The molecule has 0 fully saturated rings. The van der Waals surface area contributed by atoms with Crippen LogP contribution in [-0.2, 0) is 12.8 Å². The predicted octanol–water partition coefficient (Wildman–Crippen LogP) is 2.04. The number of hydrogen-bond donors (Lipinski definition) is 2. The summed E-state index contributed by atoms with van der Waals surface area (Å²) < 4.78 is 7.34. The fraction of sp³-hybridized carbons (Fsp3) is 0.333. The minimum absolute atomic E-state index is 0.0564. The summed E-state index contributed by atoms with van der Waals surface area (Å²) >= 11 is 0. The molecule has 1 aliphatic rings. The van der Waals surface area contributed by atoms with Gasteiger partial charge in [0, 0.05) is 17.3 Å². The first-order chi connectivity index (χ1) is 9.70. The lowest BCUT2D eigenvalue weighted by Gasteiger charge is -2.17. The minimum Gasteiger partial charge on any atom is -0.497 e. The molecule has 0 saturated carbocycles. The number of amidine groups is 1. The van der Waals surface area contributed by atoms with Crippen LogP contribution >= 0.6 is 0 Å². The smallest absolute Gasteiger partial charge is 0.124 e. The van der Waals surface area contributed by atoms with Crippen molar-refractivity contribution in [1.29, 1.82) is 5.41 Å². The summed E-state index contributed by atoms with van der Waals surface area (Å²) in [7, 11) is 1.63. The molecule has 1 heterocycles. The van der Waals surface area contributed by atoms with Crippen LogP contribution in [0.4, 0.5) is 0 Å². The maximum Gasteiger partial charge on any atom is 0.124 e. The fourth-order valence-corrected chi connectivity index (χ4v) is 2.74. The highest BCUT2D eigenvalue weighted by atomic mass is 16.5. The van der Waals surface area contributed by atoms with E-state index in [-0.39, 0.29) is 5.84 Å². The fourth-order valence-electron chi connectivity index (χ4n) is 2.74. The zero-order chi connectivity index (χ0) is 14.1. The van der Waals surface area contributed by atoms with Gasteiger partial charge in [-0.15, -0.1) is 0 Å². The van der Waals surface area contributed by atoms with Crippen LogP contribution in [-0.4, -0.2) is 22.5 Å². The Bertz CT molecular complexity index is 660. The monoisotopic (exact) mass is 270 g/mol. The van der Waals surface area contributed by atoms with Gasteiger partial charge in [-0.3, -0.25) is 5.41 Å². The van der Waals surface area contributed by atoms with Gasteiger partial charge in [0.15, 0.2) is 0 Å². The van der Waals surface area contributed by atoms with Gasteiger partial charge < -0.3 is 15.0 Å². The maximum atomic E-state index is 7.75. The second kappa shape index (κ2) is 5.00. The van der Waals surface area contributed by atoms with Crippen LogP contribution in [0, 0.1) is 5.41 Å². The van der Waals surface area contributed by atoms with E-state index < -0.39 is 0 Å². The van der Waals surface area contributed by atoms with E-state index in [1.807, 2.05) is 29.1 Å². The first-order valence-electron chi connectivity index (χ1n) is 6.78. The molecule has 2 aromatic rings. The summed E-state index contributed by atoms with van der Waals surface area (Å²) in [5.74, 6) is 0.809. The molecule has 0 saturated heterocycles. The van der Waals surface area contributed by atoms with Crippen LogP contribution < -0.4 is 10.5 Å². The number of aromatic nitrogens is 2.